The average Bonchev–Trinajstić information content (AvgIpc) is 2.59. The molecule has 2 aromatic rings. The van der Waals surface area contributed by atoms with Gasteiger partial charge in [0, 0.05) is 0 Å². The zero-order chi connectivity index (χ0) is 17.8. The van der Waals surface area contributed by atoms with Gasteiger partial charge in [0.05, 0.1) is 0 Å². The predicted molar refractivity (Wildman–Crippen MR) is 112 cm³/mol. The third-order valence-electron chi connectivity index (χ3n) is 2.27. The van der Waals surface area contributed by atoms with Crippen molar-refractivity contribution in [3.8, 4) is 0 Å². The Morgan fingerprint density at radius 1 is 0.957 bits per heavy atom. The van der Waals surface area contributed by atoms with Gasteiger partial charge in [-0.25, -0.2) is 0 Å². The van der Waals surface area contributed by atoms with E-state index in [1.165, 1.54) is 25.3 Å². The summed E-state index contributed by atoms with van der Waals surface area (Å²) in [7, 11) is 6.06. The fraction of sp³-hybridized carbons (Fsp3) is 0.278. The number of carbonyl (C=O) groups is 1. The number of ketones is 1. The second-order valence-electron chi connectivity index (χ2n) is 4.42. The number of rotatable bonds is 3. The van der Waals surface area contributed by atoms with E-state index in [1.807, 2.05) is 36.4 Å². The SMILES string of the molecule is CC(=O)CO.CCCc1ccccc1.PPP.c1ccccc1. The van der Waals surface area contributed by atoms with E-state index in [9.17, 15) is 4.79 Å². The van der Waals surface area contributed by atoms with E-state index in [0.717, 1.165) is 7.96 Å². The van der Waals surface area contributed by atoms with Crippen LogP contribution >= 0.6 is 25.8 Å². The Labute approximate surface area is 147 Å². The molecular weight excluding hydrogens is 341 g/mol. The number of aliphatic hydroxyl groups excluding tert-OH is 1. The van der Waals surface area contributed by atoms with Crippen LogP contribution in [0.2, 0.25) is 0 Å². The van der Waals surface area contributed by atoms with E-state index in [1.54, 1.807) is 0 Å². The normalized spacial score (nSPS) is 8.22. The molecule has 0 spiro atoms. The molecule has 0 radical (unpaired) electrons. The number of Topliss-reactive ketones (excluding diaryl/α,β-unsaturated/α-hetero) is 1. The molecule has 0 saturated heterocycles. The maximum Gasteiger partial charge on any atom is 0.155 e. The van der Waals surface area contributed by atoms with Gasteiger partial charge < -0.3 is 5.11 Å². The lowest BCUT2D eigenvalue weighted by Crippen LogP contribution is -1.93. The highest BCUT2D eigenvalue weighted by molar-refractivity contribution is 8.33. The number of benzene rings is 2. The van der Waals surface area contributed by atoms with Crippen molar-refractivity contribution in [2.45, 2.75) is 26.7 Å². The Morgan fingerprint density at radius 3 is 1.52 bits per heavy atom. The quantitative estimate of drug-likeness (QED) is 0.760. The Kier molecular flexibility index (Phi) is 22.9. The molecule has 0 heterocycles. The molecule has 0 fully saturated rings. The Bertz CT molecular complexity index is 424. The zero-order valence-corrected chi connectivity index (χ0v) is 17.3. The van der Waals surface area contributed by atoms with Crippen molar-refractivity contribution in [3.05, 3.63) is 72.3 Å². The highest BCUT2D eigenvalue weighted by atomic mass is 32.4. The lowest BCUT2D eigenvalue weighted by molar-refractivity contribution is -0.119. The van der Waals surface area contributed by atoms with Crippen LogP contribution in [0.3, 0.4) is 0 Å². The van der Waals surface area contributed by atoms with Crippen LogP contribution in [0.5, 0.6) is 0 Å². The largest absolute Gasteiger partial charge is 0.389 e. The first kappa shape index (κ1) is 24.6. The van der Waals surface area contributed by atoms with Crippen LogP contribution < -0.4 is 0 Å². The van der Waals surface area contributed by atoms with Gasteiger partial charge in [-0.3, -0.25) is 4.79 Å². The standard InChI is InChI=1S/C9H12.C6H6.C3H6O2.H5P3/c1-2-6-9-7-4-3-5-8-9;1-2-4-6-5-3-1;1-3(5)2-4;1-3-2/h3-5,7-8H,2,6H2,1H3;1-6H;4H,2H2,1H3;3H,1-2H2. The van der Waals surface area contributed by atoms with Gasteiger partial charge in [-0.15, -0.1) is 17.9 Å². The molecule has 5 heteroatoms. The number of hydrogen-bond donors (Lipinski definition) is 1. The second-order valence-corrected chi connectivity index (χ2v) is 8.75. The molecule has 0 aliphatic carbocycles. The summed E-state index contributed by atoms with van der Waals surface area (Å²) < 4.78 is 0. The van der Waals surface area contributed by atoms with Gasteiger partial charge in [0.2, 0.25) is 0 Å². The fourth-order valence-electron chi connectivity index (χ4n) is 1.32. The highest BCUT2D eigenvalue weighted by Crippen LogP contribution is 2.28. The molecule has 0 amide bonds. The Hall–Kier alpha value is -0.640. The third kappa shape index (κ3) is 23.8. The molecule has 0 saturated carbocycles. The first-order valence-corrected chi connectivity index (χ1v) is 12.0. The van der Waals surface area contributed by atoms with Gasteiger partial charge >= 0.3 is 0 Å². The molecule has 0 aliphatic rings. The van der Waals surface area contributed by atoms with Gasteiger partial charge in [0.25, 0.3) is 0 Å². The molecule has 0 aromatic heterocycles. The number of aliphatic hydroxyl groups is 1. The van der Waals surface area contributed by atoms with Gasteiger partial charge in [-0.2, -0.15) is 0 Å². The van der Waals surface area contributed by atoms with E-state index in [0.29, 0.717) is 0 Å². The summed E-state index contributed by atoms with van der Waals surface area (Å²) in [6.07, 6.45) is 2.45. The van der Waals surface area contributed by atoms with Crippen molar-refractivity contribution in [3.63, 3.8) is 0 Å². The van der Waals surface area contributed by atoms with Crippen molar-refractivity contribution in [1.82, 2.24) is 0 Å². The van der Waals surface area contributed by atoms with Crippen LogP contribution in [-0.4, -0.2) is 17.5 Å². The first-order chi connectivity index (χ1) is 11.1. The minimum atomic E-state index is -0.333. The molecule has 0 aliphatic heterocycles. The molecule has 1 N–H and O–H groups in total. The van der Waals surface area contributed by atoms with Crippen molar-refractivity contribution in [1.29, 1.82) is 0 Å². The topological polar surface area (TPSA) is 37.3 Å². The molecule has 23 heavy (non-hydrogen) atoms. The van der Waals surface area contributed by atoms with E-state index in [2.05, 4.69) is 55.1 Å². The summed E-state index contributed by atoms with van der Waals surface area (Å²) in [6, 6.07) is 22.6. The van der Waals surface area contributed by atoms with Gasteiger partial charge in [0.1, 0.15) is 6.61 Å². The number of aryl methyl sites for hydroxylation is 1. The molecule has 2 atom stereocenters. The van der Waals surface area contributed by atoms with Crippen LogP contribution in [0.15, 0.2) is 66.7 Å². The number of carbonyl (C=O) groups excluding carboxylic acids is 1. The maximum absolute atomic E-state index is 9.56. The Balaban J connectivity index is 0. The summed E-state index contributed by atoms with van der Waals surface area (Å²) >= 11 is 0. The lowest BCUT2D eigenvalue weighted by Gasteiger charge is -1.93. The van der Waals surface area contributed by atoms with Crippen molar-refractivity contribution >= 4 is 31.6 Å². The Morgan fingerprint density at radius 2 is 1.26 bits per heavy atom. The summed E-state index contributed by atoms with van der Waals surface area (Å²) in [6.45, 7) is 3.20. The summed E-state index contributed by atoms with van der Waals surface area (Å²) in [4.78, 5) is 9.56. The molecule has 2 rings (SSSR count). The van der Waals surface area contributed by atoms with E-state index < -0.39 is 0 Å². The lowest BCUT2D eigenvalue weighted by atomic mass is 10.1. The minimum absolute atomic E-state index is 0.190. The van der Waals surface area contributed by atoms with Crippen molar-refractivity contribution in [2.75, 3.05) is 6.61 Å². The molecular formula is C18H29O2P3. The van der Waals surface area contributed by atoms with Gasteiger partial charge in [-0.05, 0) is 18.9 Å². The van der Waals surface area contributed by atoms with Crippen LogP contribution in [0.25, 0.3) is 0 Å². The molecule has 2 aromatic carbocycles. The maximum atomic E-state index is 9.56. The van der Waals surface area contributed by atoms with E-state index in [-0.39, 0.29) is 12.4 Å². The fourth-order valence-corrected chi connectivity index (χ4v) is 1.32. The van der Waals surface area contributed by atoms with Crippen LogP contribution in [-0.2, 0) is 11.2 Å². The first-order valence-electron chi connectivity index (χ1n) is 7.42. The van der Waals surface area contributed by atoms with Gasteiger partial charge in [0.15, 0.2) is 5.78 Å². The second kappa shape index (κ2) is 21.4. The van der Waals surface area contributed by atoms with Crippen molar-refractivity contribution in [2.24, 2.45) is 0 Å². The average molecular weight is 370 g/mol. The van der Waals surface area contributed by atoms with Crippen molar-refractivity contribution < 1.29 is 9.90 Å². The molecule has 2 nitrogen and oxygen atoms in total. The molecule has 128 valence electrons. The smallest absolute Gasteiger partial charge is 0.155 e. The zero-order valence-electron chi connectivity index (χ0n) is 14.0. The predicted octanol–water partition coefficient (Wildman–Crippen LogP) is 5.14. The van der Waals surface area contributed by atoms with E-state index in [4.69, 9.17) is 5.11 Å². The summed E-state index contributed by atoms with van der Waals surface area (Å²) in [5, 5.41) is 7.79. The third-order valence-corrected chi connectivity index (χ3v) is 2.27. The van der Waals surface area contributed by atoms with Crippen LogP contribution in [0, 0.1) is 0 Å². The summed E-state index contributed by atoms with van der Waals surface area (Å²) in [5.74, 6) is -0.190. The highest BCUT2D eigenvalue weighted by Gasteiger charge is 1.84. The van der Waals surface area contributed by atoms with Gasteiger partial charge in [-0.1, -0.05) is 88.0 Å². The van der Waals surface area contributed by atoms with E-state index >= 15 is 0 Å². The summed E-state index contributed by atoms with van der Waals surface area (Å²) in [5.41, 5.74) is 1.44. The monoisotopic (exact) mass is 370 g/mol. The number of hydrogen-bond acceptors (Lipinski definition) is 2. The van der Waals surface area contributed by atoms with Crippen LogP contribution in [0.1, 0.15) is 25.8 Å². The van der Waals surface area contributed by atoms with Crippen LogP contribution in [0.4, 0.5) is 0 Å². The molecule has 0 bridgehead atoms. The minimum Gasteiger partial charge on any atom is -0.389 e. The molecule has 2 unspecified atom stereocenters.